The van der Waals surface area contributed by atoms with Gasteiger partial charge in [0.05, 0.1) is 12.3 Å². The Hall–Kier alpha value is -3.19. The van der Waals surface area contributed by atoms with Crippen LogP contribution in [0, 0.1) is 6.92 Å². The summed E-state index contributed by atoms with van der Waals surface area (Å²) >= 11 is 1.35. The van der Waals surface area contributed by atoms with Gasteiger partial charge in [-0.05, 0) is 75.6 Å². The number of carbonyl (C=O) groups is 2. The third kappa shape index (κ3) is 4.99. The summed E-state index contributed by atoms with van der Waals surface area (Å²) in [6, 6.07) is 14.8. The zero-order valence-corrected chi connectivity index (χ0v) is 19.2. The summed E-state index contributed by atoms with van der Waals surface area (Å²) in [6.07, 6.45) is 3.26. The molecular weight excluding hydrogens is 422 g/mol. The lowest BCUT2D eigenvalue weighted by Gasteiger charge is -2.26. The molecule has 4 rings (SSSR count). The molecule has 3 aromatic rings. The van der Waals surface area contributed by atoms with E-state index >= 15 is 0 Å². The molecule has 0 spiro atoms. The number of piperidine rings is 1. The summed E-state index contributed by atoms with van der Waals surface area (Å²) in [5.74, 6) is 0.605. The van der Waals surface area contributed by atoms with E-state index in [0.29, 0.717) is 28.4 Å². The van der Waals surface area contributed by atoms with Crippen LogP contribution in [0.15, 0.2) is 48.5 Å². The first kappa shape index (κ1) is 22.0. The monoisotopic (exact) mass is 449 g/mol. The molecule has 0 saturated carbocycles. The van der Waals surface area contributed by atoms with Gasteiger partial charge >= 0.3 is 0 Å². The van der Waals surface area contributed by atoms with Gasteiger partial charge in [-0.25, -0.2) is 4.98 Å². The molecule has 1 aliphatic rings. The largest absolute Gasteiger partial charge is 0.494 e. The summed E-state index contributed by atoms with van der Waals surface area (Å²) in [7, 11) is 0. The molecular formula is C25H27N3O3S. The number of rotatable bonds is 6. The van der Waals surface area contributed by atoms with Crippen molar-refractivity contribution in [2.45, 2.75) is 33.1 Å². The summed E-state index contributed by atoms with van der Waals surface area (Å²) < 4.78 is 5.49. The highest BCUT2D eigenvalue weighted by atomic mass is 32.1. The number of carbonyl (C=O) groups excluding carboxylic acids is 2. The van der Waals surface area contributed by atoms with Crippen LogP contribution in [0.5, 0.6) is 5.75 Å². The highest BCUT2D eigenvalue weighted by molar-refractivity contribution is 7.17. The van der Waals surface area contributed by atoms with Gasteiger partial charge in [0.15, 0.2) is 0 Å². The van der Waals surface area contributed by atoms with Gasteiger partial charge in [-0.15, -0.1) is 11.3 Å². The number of amides is 2. The summed E-state index contributed by atoms with van der Waals surface area (Å²) in [5.41, 5.74) is 2.82. The molecule has 6 nitrogen and oxygen atoms in total. The van der Waals surface area contributed by atoms with Crippen molar-refractivity contribution in [2.75, 3.05) is 25.0 Å². The van der Waals surface area contributed by atoms with Crippen molar-refractivity contribution in [2.24, 2.45) is 0 Å². The molecule has 7 heteroatoms. The van der Waals surface area contributed by atoms with Gasteiger partial charge in [-0.3, -0.25) is 9.59 Å². The number of ether oxygens (including phenoxy) is 1. The second-order valence-electron chi connectivity index (χ2n) is 7.78. The molecule has 2 heterocycles. The van der Waals surface area contributed by atoms with Crippen molar-refractivity contribution in [1.82, 2.24) is 9.88 Å². The first-order valence-corrected chi connectivity index (χ1v) is 11.8. The molecule has 2 aromatic carbocycles. The third-order valence-electron chi connectivity index (χ3n) is 5.43. The first-order chi connectivity index (χ1) is 15.5. The highest BCUT2D eigenvalue weighted by Crippen LogP contribution is 2.30. The van der Waals surface area contributed by atoms with Crippen LogP contribution in [0.25, 0.3) is 10.6 Å². The average Bonchev–Trinajstić information content (AvgIpc) is 3.22. The van der Waals surface area contributed by atoms with Crippen molar-refractivity contribution >= 4 is 28.8 Å². The number of likely N-dealkylation sites (tertiary alicyclic amines) is 1. The molecule has 1 N–H and O–H groups in total. The fourth-order valence-corrected chi connectivity index (χ4v) is 4.76. The topological polar surface area (TPSA) is 71.5 Å². The van der Waals surface area contributed by atoms with Crippen LogP contribution in [0.2, 0.25) is 0 Å². The van der Waals surface area contributed by atoms with Crippen molar-refractivity contribution in [3.63, 3.8) is 0 Å². The van der Waals surface area contributed by atoms with Crippen LogP contribution in [0.4, 0.5) is 5.69 Å². The minimum atomic E-state index is -0.222. The molecule has 0 bridgehead atoms. The van der Waals surface area contributed by atoms with Gasteiger partial charge in [0.25, 0.3) is 11.8 Å². The van der Waals surface area contributed by atoms with Gasteiger partial charge in [0.1, 0.15) is 15.6 Å². The minimum absolute atomic E-state index is 0.0209. The fourth-order valence-electron chi connectivity index (χ4n) is 3.79. The van der Waals surface area contributed by atoms with Gasteiger partial charge in [-0.1, -0.05) is 6.07 Å². The maximum Gasteiger partial charge on any atom is 0.267 e. The number of hydrogen-bond donors (Lipinski definition) is 1. The van der Waals surface area contributed by atoms with E-state index in [-0.39, 0.29) is 11.8 Å². The molecule has 1 aromatic heterocycles. The quantitative estimate of drug-likeness (QED) is 0.547. The van der Waals surface area contributed by atoms with E-state index in [9.17, 15) is 9.59 Å². The Morgan fingerprint density at radius 2 is 1.84 bits per heavy atom. The number of nitrogens with one attached hydrogen (secondary N) is 1. The second-order valence-corrected chi connectivity index (χ2v) is 8.78. The van der Waals surface area contributed by atoms with Crippen LogP contribution in [-0.2, 0) is 0 Å². The average molecular weight is 450 g/mol. The Morgan fingerprint density at radius 3 is 2.56 bits per heavy atom. The lowest BCUT2D eigenvalue weighted by atomic mass is 10.1. The number of aryl methyl sites for hydroxylation is 1. The maximum absolute atomic E-state index is 12.9. The molecule has 1 fully saturated rings. The zero-order chi connectivity index (χ0) is 22.5. The van der Waals surface area contributed by atoms with Crippen molar-refractivity contribution in [3.8, 4) is 16.3 Å². The smallest absolute Gasteiger partial charge is 0.267 e. The van der Waals surface area contributed by atoms with Crippen LogP contribution in [0.1, 0.15) is 51.9 Å². The fraction of sp³-hybridized carbons (Fsp3) is 0.320. The van der Waals surface area contributed by atoms with Crippen LogP contribution < -0.4 is 10.1 Å². The Balaban J connectivity index is 1.48. The number of hydrogen-bond acceptors (Lipinski definition) is 5. The van der Waals surface area contributed by atoms with E-state index in [1.807, 2.05) is 43.0 Å². The van der Waals surface area contributed by atoms with Crippen molar-refractivity contribution in [1.29, 1.82) is 0 Å². The van der Waals surface area contributed by atoms with Gasteiger partial charge < -0.3 is 15.0 Å². The summed E-state index contributed by atoms with van der Waals surface area (Å²) in [4.78, 5) is 32.8. The SMILES string of the molecule is CCOc1ccc(-c2nc(C)c(C(=O)Nc3cccc(C(=O)N4CCCCC4)c3)s2)cc1. The maximum atomic E-state index is 12.9. The number of thiazole rings is 1. The molecule has 0 atom stereocenters. The van der Waals surface area contributed by atoms with E-state index in [2.05, 4.69) is 10.3 Å². The second kappa shape index (κ2) is 9.96. The molecule has 1 saturated heterocycles. The standard InChI is InChI=1S/C25H27N3O3S/c1-3-31-21-12-10-18(11-13-21)24-26-17(2)22(32-24)23(29)27-20-9-7-8-19(16-20)25(30)28-14-5-4-6-15-28/h7-13,16H,3-6,14-15H2,1-2H3,(H,27,29). The molecule has 0 unspecified atom stereocenters. The van der Waals surface area contributed by atoms with E-state index < -0.39 is 0 Å². The third-order valence-corrected chi connectivity index (χ3v) is 6.63. The number of nitrogens with zero attached hydrogens (tertiary/aromatic N) is 2. The predicted molar refractivity (Wildman–Crippen MR) is 128 cm³/mol. The van der Waals surface area contributed by atoms with Crippen LogP contribution in [0.3, 0.4) is 0 Å². The Morgan fingerprint density at radius 1 is 1.09 bits per heavy atom. The minimum Gasteiger partial charge on any atom is -0.494 e. The first-order valence-electron chi connectivity index (χ1n) is 11.0. The Bertz CT molecular complexity index is 1100. The van der Waals surface area contributed by atoms with Crippen molar-refractivity contribution < 1.29 is 14.3 Å². The lowest BCUT2D eigenvalue weighted by molar-refractivity contribution is 0.0724. The predicted octanol–water partition coefficient (Wildman–Crippen LogP) is 5.40. The van der Waals surface area contributed by atoms with Gasteiger partial charge in [-0.2, -0.15) is 0 Å². The van der Waals surface area contributed by atoms with E-state index in [0.717, 1.165) is 42.3 Å². The molecule has 166 valence electrons. The molecule has 0 radical (unpaired) electrons. The van der Waals surface area contributed by atoms with E-state index in [1.54, 1.807) is 24.3 Å². The summed E-state index contributed by atoms with van der Waals surface area (Å²) in [5, 5.41) is 3.71. The van der Waals surface area contributed by atoms with Crippen LogP contribution in [-0.4, -0.2) is 41.4 Å². The van der Waals surface area contributed by atoms with Gasteiger partial charge in [0, 0.05) is 29.9 Å². The molecule has 0 aliphatic carbocycles. The van der Waals surface area contributed by atoms with Gasteiger partial charge in [0.2, 0.25) is 0 Å². The normalized spacial score (nSPS) is 13.6. The number of anilines is 1. The van der Waals surface area contributed by atoms with Crippen molar-refractivity contribution in [3.05, 3.63) is 64.7 Å². The zero-order valence-electron chi connectivity index (χ0n) is 18.4. The van der Waals surface area contributed by atoms with E-state index in [4.69, 9.17) is 4.74 Å². The molecule has 32 heavy (non-hydrogen) atoms. The lowest BCUT2D eigenvalue weighted by Crippen LogP contribution is -2.35. The highest BCUT2D eigenvalue weighted by Gasteiger charge is 2.20. The molecule has 2 amide bonds. The van der Waals surface area contributed by atoms with Crippen LogP contribution >= 0.6 is 11.3 Å². The molecule has 1 aliphatic heterocycles. The van der Waals surface area contributed by atoms with E-state index in [1.165, 1.54) is 17.8 Å². The Labute approximate surface area is 192 Å². The number of benzene rings is 2. The Kier molecular flexibility index (Phi) is 6.85. The number of aromatic nitrogens is 1. The summed E-state index contributed by atoms with van der Waals surface area (Å²) in [6.45, 7) is 5.99.